The zero-order chi connectivity index (χ0) is 18.1. The summed E-state index contributed by atoms with van der Waals surface area (Å²) in [5, 5.41) is 0. The second-order valence-electron chi connectivity index (χ2n) is 6.87. The number of amides is 1. The van der Waals surface area contributed by atoms with Crippen LogP contribution in [-0.2, 0) is 0 Å². The molecule has 4 nitrogen and oxygen atoms in total. The molecule has 3 heterocycles. The summed E-state index contributed by atoms with van der Waals surface area (Å²) in [5.74, 6) is 0.105. The molecule has 0 N–H and O–H groups in total. The third-order valence-corrected chi connectivity index (χ3v) is 5.22. The van der Waals surface area contributed by atoms with E-state index in [1.165, 1.54) is 0 Å². The molecule has 1 fully saturated rings. The van der Waals surface area contributed by atoms with Crippen molar-refractivity contribution in [1.82, 2.24) is 14.5 Å². The van der Waals surface area contributed by atoms with Crippen molar-refractivity contribution in [2.24, 2.45) is 0 Å². The molecule has 4 heteroatoms. The molecule has 132 valence electrons. The smallest absolute Gasteiger partial charge is 0.256 e. The van der Waals surface area contributed by atoms with Crippen LogP contribution in [0.25, 0.3) is 5.69 Å². The maximum absolute atomic E-state index is 13.3. The van der Waals surface area contributed by atoms with Gasteiger partial charge in [-0.25, -0.2) is 0 Å². The Hall–Kier alpha value is -2.88. The van der Waals surface area contributed by atoms with E-state index in [1.54, 1.807) is 6.20 Å². The first-order valence-electron chi connectivity index (χ1n) is 9.13. The molecule has 1 amide bonds. The standard InChI is InChI=1S/C22H23N3O/c1-16-15-19(17(2)25(16)18-9-4-3-5-10-18)22(26)24-14-8-12-21(24)20-11-6-7-13-23-20/h3-7,9-11,13,15,21H,8,12,14H2,1-2H3. The normalized spacial score (nSPS) is 16.8. The van der Waals surface area contributed by atoms with E-state index >= 15 is 0 Å². The van der Waals surface area contributed by atoms with Gasteiger partial charge < -0.3 is 9.47 Å². The van der Waals surface area contributed by atoms with Crippen molar-refractivity contribution in [3.63, 3.8) is 0 Å². The Labute approximate surface area is 154 Å². The Bertz CT molecular complexity index is 915. The molecule has 3 aromatic rings. The molecule has 26 heavy (non-hydrogen) atoms. The van der Waals surface area contributed by atoms with Gasteiger partial charge in [-0.15, -0.1) is 0 Å². The molecule has 0 aliphatic carbocycles. The molecule has 1 aliphatic rings. The number of para-hydroxylation sites is 1. The van der Waals surface area contributed by atoms with Gasteiger partial charge in [-0.2, -0.15) is 0 Å². The summed E-state index contributed by atoms with van der Waals surface area (Å²) in [6.07, 6.45) is 3.79. The van der Waals surface area contributed by atoms with Crippen LogP contribution in [0.15, 0.2) is 60.8 Å². The number of pyridine rings is 1. The van der Waals surface area contributed by atoms with Crippen LogP contribution in [-0.4, -0.2) is 26.9 Å². The SMILES string of the molecule is Cc1cc(C(=O)N2CCCC2c2ccccn2)c(C)n1-c1ccccc1. The molecule has 1 aliphatic heterocycles. The Morgan fingerprint density at radius 2 is 1.85 bits per heavy atom. The lowest BCUT2D eigenvalue weighted by atomic mass is 10.1. The van der Waals surface area contributed by atoms with Gasteiger partial charge in [0.05, 0.1) is 17.3 Å². The van der Waals surface area contributed by atoms with E-state index in [-0.39, 0.29) is 11.9 Å². The summed E-state index contributed by atoms with van der Waals surface area (Å²) >= 11 is 0. The number of hydrogen-bond donors (Lipinski definition) is 0. The van der Waals surface area contributed by atoms with E-state index in [0.717, 1.165) is 47.7 Å². The molecule has 1 atom stereocenters. The number of nitrogens with zero attached hydrogens (tertiary/aromatic N) is 3. The number of carbonyl (C=O) groups excluding carboxylic acids is 1. The summed E-state index contributed by atoms with van der Waals surface area (Å²) in [5.41, 5.74) is 4.92. The van der Waals surface area contributed by atoms with Crippen LogP contribution in [0.4, 0.5) is 0 Å². The Morgan fingerprint density at radius 3 is 2.58 bits per heavy atom. The fourth-order valence-electron chi connectivity index (χ4n) is 4.00. The third kappa shape index (κ3) is 2.81. The number of carbonyl (C=O) groups is 1. The van der Waals surface area contributed by atoms with E-state index in [0.29, 0.717) is 0 Å². The van der Waals surface area contributed by atoms with Crippen LogP contribution in [0.1, 0.15) is 46.3 Å². The molecule has 4 rings (SSSR count). The lowest BCUT2D eigenvalue weighted by molar-refractivity contribution is 0.0732. The minimum atomic E-state index is 0.0727. The van der Waals surface area contributed by atoms with Crippen molar-refractivity contribution in [2.45, 2.75) is 32.7 Å². The van der Waals surface area contributed by atoms with E-state index in [1.807, 2.05) is 54.3 Å². The van der Waals surface area contributed by atoms with Crippen molar-refractivity contribution in [3.8, 4) is 5.69 Å². The third-order valence-electron chi connectivity index (χ3n) is 5.22. The number of aryl methyl sites for hydroxylation is 1. The lowest BCUT2D eigenvalue weighted by Gasteiger charge is -2.24. The van der Waals surface area contributed by atoms with Gasteiger partial charge >= 0.3 is 0 Å². The quantitative estimate of drug-likeness (QED) is 0.702. The van der Waals surface area contributed by atoms with E-state index in [9.17, 15) is 4.79 Å². The largest absolute Gasteiger partial charge is 0.330 e. The first-order chi connectivity index (χ1) is 12.7. The second-order valence-corrected chi connectivity index (χ2v) is 6.87. The molecule has 1 aromatic carbocycles. The molecular formula is C22H23N3O. The Balaban J connectivity index is 1.69. The summed E-state index contributed by atoms with van der Waals surface area (Å²) in [6.45, 7) is 4.87. The van der Waals surface area contributed by atoms with Crippen LogP contribution in [0, 0.1) is 13.8 Å². The number of benzene rings is 1. The van der Waals surface area contributed by atoms with Gasteiger partial charge in [0.2, 0.25) is 0 Å². The molecule has 1 saturated heterocycles. The van der Waals surface area contributed by atoms with Gasteiger partial charge in [-0.1, -0.05) is 24.3 Å². The highest BCUT2D eigenvalue weighted by molar-refractivity contribution is 5.96. The fraction of sp³-hybridized carbons (Fsp3) is 0.273. The van der Waals surface area contributed by atoms with Gasteiger partial charge in [0, 0.05) is 29.8 Å². The number of hydrogen-bond acceptors (Lipinski definition) is 2. The van der Waals surface area contributed by atoms with Gasteiger partial charge in [0.25, 0.3) is 5.91 Å². The predicted octanol–water partition coefficient (Wildman–Crippen LogP) is 4.47. The van der Waals surface area contributed by atoms with Crippen LogP contribution in [0.3, 0.4) is 0 Å². The average Bonchev–Trinajstić information content (AvgIpc) is 3.27. The molecule has 1 unspecified atom stereocenters. The van der Waals surface area contributed by atoms with Crippen molar-refractivity contribution in [1.29, 1.82) is 0 Å². The zero-order valence-electron chi connectivity index (χ0n) is 15.2. The minimum absolute atomic E-state index is 0.0727. The maximum atomic E-state index is 13.3. The highest BCUT2D eigenvalue weighted by Crippen LogP contribution is 2.33. The van der Waals surface area contributed by atoms with Crippen LogP contribution >= 0.6 is 0 Å². The number of rotatable bonds is 3. The first-order valence-corrected chi connectivity index (χ1v) is 9.13. The summed E-state index contributed by atoms with van der Waals surface area (Å²) in [6, 6.07) is 18.2. The van der Waals surface area contributed by atoms with E-state index < -0.39 is 0 Å². The average molecular weight is 345 g/mol. The molecule has 2 aromatic heterocycles. The fourth-order valence-corrected chi connectivity index (χ4v) is 4.00. The molecule has 0 saturated carbocycles. The zero-order valence-corrected chi connectivity index (χ0v) is 15.2. The highest BCUT2D eigenvalue weighted by atomic mass is 16.2. The minimum Gasteiger partial charge on any atom is -0.330 e. The number of likely N-dealkylation sites (tertiary alicyclic amines) is 1. The van der Waals surface area contributed by atoms with Gasteiger partial charge in [0.15, 0.2) is 0 Å². The summed E-state index contributed by atoms with van der Waals surface area (Å²) in [7, 11) is 0. The lowest BCUT2D eigenvalue weighted by Crippen LogP contribution is -2.31. The first kappa shape index (κ1) is 16.6. The van der Waals surface area contributed by atoms with Gasteiger partial charge in [0.1, 0.15) is 0 Å². The van der Waals surface area contributed by atoms with E-state index in [4.69, 9.17) is 0 Å². The van der Waals surface area contributed by atoms with Crippen molar-refractivity contribution in [3.05, 3.63) is 83.4 Å². The molecule has 0 bridgehead atoms. The van der Waals surface area contributed by atoms with Crippen molar-refractivity contribution < 1.29 is 4.79 Å². The molecular weight excluding hydrogens is 322 g/mol. The van der Waals surface area contributed by atoms with Crippen molar-refractivity contribution >= 4 is 5.91 Å². The monoisotopic (exact) mass is 345 g/mol. The molecule has 0 radical (unpaired) electrons. The summed E-state index contributed by atoms with van der Waals surface area (Å²) < 4.78 is 2.15. The van der Waals surface area contributed by atoms with Gasteiger partial charge in [-0.05, 0) is 57.0 Å². The number of aromatic nitrogens is 2. The highest BCUT2D eigenvalue weighted by Gasteiger charge is 2.33. The predicted molar refractivity (Wildman–Crippen MR) is 102 cm³/mol. The summed E-state index contributed by atoms with van der Waals surface area (Å²) in [4.78, 5) is 19.8. The van der Waals surface area contributed by atoms with Crippen LogP contribution < -0.4 is 0 Å². The Kier molecular flexibility index (Phi) is 4.33. The van der Waals surface area contributed by atoms with Gasteiger partial charge in [-0.3, -0.25) is 9.78 Å². The van der Waals surface area contributed by atoms with Crippen LogP contribution in [0.5, 0.6) is 0 Å². The van der Waals surface area contributed by atoms with Crippen molar-refractivity contribution in [2.75, 3.05) is 6.54 Å². The van der Waals surface area contributed by atoms with E-state index in [2.05, 4.69) is 28.6 Å². The van der Waals surface area contributed by atoms with Crippen LogP contribution in [0.2, 0.25) is 0 Å². The second kappa shape index (κ2) is 6.79. The topological polar surface area (TPSA) is 38.1 Å². The molecule has 0 spiro atoms. The Morgan fingerprint density at radius 1 is 1.08 bits per heavy atom. The maximum Gasteiger partial charge on any atom is 0.256 e.